The van der Waals surface area contributed by atoms with E-state index in [0.29, 0.717) is 4.34 Å². The van der Waals surface area contributed by atoms with Crippen LogP contribution < -0.4 is 10.5 Å². The first-order valence-electron chi connectivity index (χ1n) is 5.11. The number of nitrogens with two attached hydrogens (primary N) is 1. The predicted octanol–water partition coefficient (Wildman–Crippen LogP) is 2.69. The number of nitro groups is 1. The largest absolute Gasteiger partial charge is 0.393 e. The number of rotatable bonds is 4. The zero-order valence-corrected chi connectivity index (χ0v) is 12.1. The summed E-state index contributed by atoms with van der Waals surface area (Å²) in [4.78, 5) is 10.1. The molecule has 7 nitrogen and oxygen atoms in total. The van der Waals surface area contributed by atoms with Crippen molar-refractivity contribution in [1.82, 2.24) is 0 Å². The minimum atomic E-state index is -3.83. The van der Waals surface area contributed by atoms with Gasteiger partial charge in [-0.15, -0.1) is 11.3 Å². The van der Waals surface area contributed by atoms with E-state index in [4.69, 9.17) is 17.3 Å². The Morgan fingerprint density at radius 1 is 1.30 bits per heavy atom. The van der Waals surface area contributed by atoms with Crippen LogP contribution in [-0.2, 0) is 10.0 Å². The molecule has 0 atom stereocenters. The summed E-state index contributed by atoms with van der Waals surface area (Å²) in [5.74, 6) is 0. The topological polar surface area (TPSA) is 115 Å². The number of nitro benzene ring substituents is 1. The van der Waals surface area contributed by atoms with Crippen molar-refractivity contribution in [3.05, 3.63) is 44.8 Å². The molecule has 1 aromatic heterocycles. The number of thiophene rings is 1. The molecule has 0 aliphatic heterocycles. The highest BCUT2D eigenvalue weighted by atomic mass is 35.5. The molecule has 106 valence electrons. The molecule has 2 aromatic rings. The fraction of sp³-hybridized carbons (Fsp3) is 0. The van der Waals surface area contributed by atoms with E-state index in [0.717, 1.165) is 17.4 Å². The minimum Gasteiger partial charge on any atom is -0.393 e. The van der Waals surface area contributed by atoms with E-state index in [1.807, 2.05) is 0 Å². The predicted molar refractivity (Wildman–Crippen MR) is 77.6 cm³/mol. The van der Waals surface area contributed by atoms with Crippen LogP contribution in [0.15, 0.2) is 34.5 Å². The Bertz CT molecular complexity index is 773. The Balaban J connectivity index is 2.35. The number of hydrogen-bond donors (Lipinski definition) is 2. The van der Waals surface area contributed by atoms with Gasteiger partial charge in [0.1, 0.15) is 9.90 Å². The Morgan fingerprint density at radius 3 is 2.55 bits per heavy atom. The van der Waals surface area contributed by atoms with Crippen molar-refractivity contribution in [2.75, 3.05) is 10.5 Å². The molecule has 1 heterocycles. The van der Waals surface area contributed by atoms with E-state index in [1.54, 1.807) is 0 Å². The Morgan fingerprint density at radius 2 is 2.00 bits per heavy atom. The van der Waals surface area contributed by atoms with Crippen molar-refractivity contribution < 1.29 is 13.3 Å². The second kappa shape index (κ2) is 5.27. The normalized spacial score (nSPS) is 11.2. The van der Waals surface area contributed by atoms with Crippen molar-refractivity contribution in [1.29, 1.82) is 0 Å². The van der Waals surface area contributed by atoms with Crippen LogP contribution in [0.2, 0.25) is 4.34 Å². The molecule has 0 aliphatic rings. The molecule has 0 spiro atoms. The summed E-state index contributed by atoms with van der Waals surface area (Å²) in [5.41, 5.74) is 5.07. The number of nitrogens with zero attached hydrogens (tertiary/aromatic N) is 1. The van der Waals surface area contributed by atoms with Gasteiger partial charge in [-0.2, -0.15) is 0 Å². The molecular weight excluding hydrogens is 326 g/mol. The van der Waals surface area contributed by atoms with Crippen molar-refractivity contribution in [2.24, 2.45) is 0 Å². The van der Waals surface area contributed by atoms with Crippen LogP contribution in [0.3, 0.4) is 0 Å². The summed E-state index contributed by atoms with van der Waals surface area (Å²) in [7, 11) is -3.83. The van der Waals surface area contributed by atoms with Gasteiger partial charge in [0.2, 0.25) is 0 Å². The van der Waals surface area contributed by atoms with Crippen LogP contribution in [0.1, 0.15) is 0 Å². The number of halogens is 1. The number of nitrogens with one attached hydrogen (secondary N) is 1. The Kier molecular flexibility index (Phi) is 3.84. The number of nitrogen functional groups attached to an aromatic ring is 1. The molecule has 0 radical (unpaired) electrons. The van der Waals surface area contributed by atoms with Gasteiger partial charge in [-0.05, 0) is 24.3 Å². The van der Waals surface area contributed by atoms with E-state index >= 15 is 0 Å². The molecule has 10 heteroatoms. The standard InChI is InChI=1S/C10H8ClN3O4S2/c11-9-3-4-10(19-9)20(17,18)13-6-1-2-7(12)8(5-6)14(15)16/h1-5,13H,12H2. The highest BCUT2D eigenvalue weighted by Crippen LogP contribution is 2.29. The Labute approximate surface area is 123 Å². The summed E-state index contributed by atoms with van der Waals surface area (Å²) in [5, 5.41) is 10.7. The van der Waals surface area contributed by atoms with Gasteiger partial charge in [-0.1, -0.05) is 11.6 Å². The molecule has 20 heavy (non-hydrogen) atoms. The third-order valence-electron chi connectivity index (χ3n) is 2.29. The Hall–Kier alpha value is -1.84. The monoisotopic (exact) mass is 333 g/mol. The number of sulfonamides is 1. The molecule has 0 bridgehead atoms. The lowest BCUT2D eigenvalue weighted by Gasteiger charge is -2.06. The summed E-state index contributed by atoms with van der Waals surface area (Å²) in [6.45, 7) is 0. The summed E-state index contributed by atoms with van der Waals surface area (Å²) in [6, 6.07) is 6.46. The van der Waals surface area contributed by atoms with Crippen LogP contribution in [0.4, 0.5) is 17.1 Å². The van der Waals surface area contributed by atoms with E-state index in [-0.39, 0.29) is 21.3 Å². The maximum absolute atomic E-state index is 12.0. The van der Waals surface area contributed by atoms with Crippen molar-refractivity contribution in [2.45, 2.75) is 4.21 Å². The van der Waals surface area contributed by atoms with Gasteiger partial charge in [0, 0.05) is 6.07 Å². The third kappa shape index (κ3) is 3.00. The molecule has 2 rings (SSSR count). The average molecular weight is 334 g/mol. The molecule has 0 unspecified atom stereocenters. The molecule has 0 saturated carbocycles. The fourth-order valence-electron chi connectivity index (χ4n) is 1.41. The second-order valence-corrected chi connectivity index (χ2v) is 7.32. The molecular formula is C10H8ClN3O4S2. The highest BCUT2D eigenvalue weighted by Gasteiger charge is 2.19. The first-order chi connectivity index (χ1) is 9.29. The molecule has 0 saturated heterocycles. The quantitative estimate of drug-likeness (QED) is 0.507. The summed E-state index contributed by atoms with van der Waals surface area (Å²) in [6.07, 6.45) is 0. The zero-order valence-electron chi connectivity index (χ0n) is 9.74. The zero-order chi connectivity index (χ0) is 14.9. The van der Waals surface area contributed by atoms with E-state index in [1.165, 1.54) is 24.3 Å². The lowest BCUT2D eigenvalue weighted by molar-refractivity contribution is -0.383. The fourth-order valence-corrected chi connectivity index (χ4v) is 3.95. The van der Waals surface area contributed by atoms with Crippen LogP contribution in [0.5, 0.6) is 0 Å². The van der Waals surface area contributed by atoms with Gasteiger partial charge < -0.3 is 5.73 Å². The van der Waals surface area contributed by atoms with Crippen molar-refractivity contribution >= 4 is 50.0 Å². The van der Waals surface area contributed by atoms with Gasteiger partial charge in [-0.25, -0.2) is 8.42 Å². The van der Waals surface area contributed by atoms with Crippen molar-refractivity contribution in [3.63, 3.8) is 0 Å². The SMILES string of the molecule is Nc1ccc(NS(=O)(=O)c2ccc(Cl)s2)cc1[N+](=O)[O-]. The van der Waals surface area contributed by atoms with Crippen LogP contribution in [0, 0.1) is 10.1 Å². The molecule has 1 aromatic carbocycles. The van der Waals surface area contributed by atoms with Gasteiger partial charge in [0.25, 0.3) is 15.7 Å². The van der Waals surface area contributed by atoms with Gasteiger partial charge in [0.15, 0.2) is 0 Å². The van der Waals surface area contributed by atoms with Gasteiger partial charge in [0.05, 0.1) is 14.9 Å². The molecule has 0 aliphatic carbocycles. The highest BCUT2D eigenvalue weighted by molar-refractivity contribution is 7.94. The molecule has 0 fully saturated rings. The lowest BCUT2D eigenvalue weighted by atomic mass is 10.2. The van der Waals surface area contributed by atoms with Crippen LogP contribution >= 0.6 is 22.9 Å². The molecule has 0 amide bonds. The lowest BCUT2D eigenvalue weighted by Crippen LogP contribution is -2.11. The van der Waals surface area contributed by atoms with Crippen LogP contribution in [-0.4, -0.2) is 13.3 Å². The third-order valence-corrected chi connectivity index (χ3v) is 5.40. The smallest absolute Gasteiger partial charge is 0.294 e. The minimum absolute atomic E-state index is 0.0157. The first-order valence-corrected chi connectivity index (χ1v) is 7.79. The summed E-state index contributed by atoms with van der Waals surface area (Å²) >= 11 is 6.56. The molecule has 3 N–H and O–H groups in total. The second-order valence-electron chi connectivity index (χ2n) is 3.69. The number of benzene rings is 1. The average Bonchev–Trinajstić information content (AvgIpc) is 2.78. The van der Waals surface area contributed by atoms with Gasteiger partial charge in [-0.3, -0.25) is 14.8 Å². The van der Waals surface area contributed by atoms with Crippen molar-refractivity contribution in [3.8, 4) is 0 Å². The van der Waals surface area contributed by atoms with E-state index in [2.05, 4.69) is 4.72 Å². The van der Waals surface area contributed by atoms with E-state index < -0.39 is 14.9 Å². The van der Waals surface area contributed by atoms with E-state index in [9.17, 15) is 18.5 Å². The number of hydrogen-bond acceptors (Lipinski definition) is 6. The summed E-state index contributed by atoms with van der Waals surface area (Å²) < 4.78 is 26.6. The first kappa shape index (κ1) is 14.6. The number of anilines is 2. The van der Waals surface area contributed by atoms with Gasteiger partial charge >= 0.3 is 0 Å². The van der Waals surface area contributed by atoms with Crippen LogP contribution in [0.25, 0.3) is 0 Å². The maximum Gasteiger partial charge on any atom is 0.294 e. The maximum atomic E-state index is 12.0.